The molecule has 10 atom stereocenters. The Morgan fingerprint density at radius 1 is 1.04 bits per heavy atom. The number of anilines is 1. The van der Waals surface area contributed by atoms with Crippen molar-refractivity contribution in [2.75, 3.05) is 19.0 Å². The fraction of sp³-hybridized carbons (Fsp3) is 0.816. The predicted molar refractivity (Wildman–Crippen MR) is 184 cm³/mol. The summed E-state index contributed by atoms with van der Waals surface area (Å²) < 4.78 is 12.0. The first-order valence-electron chi connectivity index (χ1n) is 18.5. The van der Waals surface area contributed by atoms with Crippen molar-refractivity contribution in [3.05, 3.63) is 18.0 Å². The monoisotopic (exact) mass is 671 g/mol. The number of carbonyl (C=O) groups is 3. The highest BCUT2D eigenvalue weighted by molar-refractivity contribution is 5.94. The van der Waals surface area contributed by atoms with Crippen LogP contribution in [-0.4, -0.2) is 64.2 Å². The number of aryl methyl sites for hydroxylation is 1. The highest BCUT2D eigenvalue weighted by Gasteiger charge is 2.62. The Kier molecular flexibility index (Phi) is 11.0. The standard InChI is InChI=1S/C38H61N3O7/c1-23(27-10-11-28-33-29(14-16-38(27,28)6)37(5)15-13-26(42)19-24(37)20-31(33)43)9-12-32(44)40-25-21-30(34(45)47-7)41(22-25)18-8-17-39-35(46)48-36(2,3)4/h21-24,26-29,31,33,42-43H,8-20H2,1-7H3,(H,39,46)(H,40,44)/t23-,24?,26-,27-,28?,29?,31+,33?,37+,38-/m1/s1. The van der Waals surface area contributed by atoms with Crippen molar-refractivity contribution in [3.63, 3.8) is 0 Å². The lowest BCUT2D eigenvalue weighted by atomic mass is 9.43. The molecular formula is C38H61N3O7. The van der Waals surface area contributed by atoms with Gasteiger partial charge >= 0.3 is 12.1 Å². The molecule has 5 rings (SSSR count). The SMILES string of the molecule is COC(=O)c1cc(NC(=O)CC[C@@H](C)[C@H]2CCC3C4C(CC[C@@]32C)[C@@]2(C)CC[C@@H](O)CC2C[C@@H]4O)cn1CCCNC(=O)OC(C)(C)C. The van der Waals surface area contributed by atoms with Crippen LogP contribution in [0.4, 0.5) is 10.5 Å². The largest absolute Gasteiger partial charge is 0.464 e. The normalized spacial score (nSPS) is 35.1. The molecule has 1 heterocycles. The minimum Gasteiger partial charge on any atom is -0.464 e. The van der Waals surface area contributed by atoms with Crippen molar-refractivity contribution < 1.29 is 34.1 Å². The van der Waals surface area contributed by atoms with Crippen molar-refractivity contribution in [3.8, 4) is 0 Å². The first kappa shape index (κ1) is 36.7. The molecule has 0 radical (unpaired) electrons. The minimum atomic E-state index is -0.576. The van der Waals surface area contributed by atoms with E-state index in [0.29, 0.717) is 72.8 Å². The number of aromatic nitrogens is 1. The third kappa shape index (κ3) is 7.59. The average Bonchev–Trinajstić information content (AvgIpc) is 3.58. The van der Waals surface area contributed by atoms with E-state index in [1.807, 2.05) is 20.8 Å². The lowest BCUT2D eigenvalue weighted by Crippen LogP contribution is -2.58. The minimum absolute atomic E-state index is 0.0772. The number of aliphatic hydroxyl groups excluding tert-OH is 2. The molecule has 4 saturated carbocycles. The van der Waals surface area contributed by atoms with Crippen molar-refractivity contribution in [1.82, 2.24) is 9.88 Å². The van der Waals surface area contributed by atoms with E-state index in [1.54, 1.807) is 16.8 Å². The summed E-state index contributed by atoms with van der Waals surface area (Å²) in [5.74, 6) is 2.11. The van der Waals surface area contributed by atoms with Gasteiger partial charge in [-0.1, -0.05) is 20.8 Å². The van der Waals surface area contributed by atoms with Crippen LogP contribution in [0.5, 0.6) is 0 Å². The molecule has 270 valence electrons. The molecule has 1 aromatic heterocycles. The van der Waals surface area contributed by atoms with Gasteiger partial charge < -0.3 is 34.9 Å². The number of hydrogen-bond acceptors (Lipinski definition) is 7. The van der Waals surface area contributed by atoms with Crippen LogP contribution in [0.15, 0.2) is 12.3 Å². The van der Waals surface area contributed by atoms with Gasteiger partial charge in [0.1, 0.15) is 11.3 Å². The fourth-order valence-corrected chi connectivity index (χ4v) is 10.8. The van der Waals surface area contributed by atoms with Gasteiger partial charge in [0.15, 0.2) is 0 Å². The van der Waals surface area contributed by atoms with Crippen LogP contribution in [0.2, 0.25) is 0 Å². The number of alkyl carbamates (subject to hydrolysis) is 1. The molecule has 4 fully saturated rings. The molecule has 1 aromatic rings. The van der Waals surface area contributed by atoms with E-state index < -0.39 is 17.7 Å². The Morgan fingerprint density at radius 2 is 1.75 bits per heavy atom. The predicted octanol–water partition coefficient (Wildman–Crippen LogP) is 6.53. The molecule has 4 unspecified atom stereocenters. The van der Waals surface area contributed by atoms with E-state index in [9.17, 15) is 24.6 Å². The summed E-state index contributed by atoms with van der Waals surface area (Å²) in [6.07, 6.45) is 10.7. The molecule has 4 aliphatic carbocycles. The first-order valence-corrected chi connectivity index (χ1v) is 18.5. The number of nitrogens with one attached hydrogen (secondary N) is 2. The summed E-state index contributed by atoms with van der Waals surface area (Å²) in [6, 6.07) is 1.64. The average molecular weight is 672 g/mol. The molecule has 2 amide bonds. The van der Waals surface area contributed by atoms with Crippen LogP contribution in [0.3, 0.4) is 0 Å². The van der Waals surface area contributed by atoms with Crippen LogP contribution in [0.1, 0.15) is 123 Å². The van der Waals surface area contributed by atoms with E-state index in [2.05, 4.69) is 31.4 Å². The lowest BCUT2D eigenvalue weighted by Gasteiger charge is -2.62. The van der Waals surface area contributed by atoms with Crippen molar-refractivity contribution in [2.24, 2.45) is 46.3 Å². The molecule has 0 saturated heterocycles. The molecule has 4 N–H and O–H groups in total. The smallest absolute Gasteiger partial charge is 0.407 e. The van der Waals surface area contributed by atoms with Gasteiger partial charge in [0, 0.05) is 25.7 Å². The Bertz CT molecular complexity index is 1320. The maximum Gasteiger partial charge on any atom is 0.407 e. The number of amides is 2. The fourth-order valence-electron chi connectivity index (χ4n) is 10.8. The Balaban J connectivity index is 1.15. The van der Waals surface area contributed by atoms with Gasteiger partial charge in [-0.15, -0.1) is 0 Å². The summed E-state index contributed by atoms with van der Waals surface area (Å²) in [4.78, 5) is 37.6. The summed E-state index contributed by atoms with van der Waals surface area (Å²) in [6.45, 7) is 13.5. The first-order chi connectivity index (χ1) is 22.6. The summed E-state index contributed by atoms with van der Waals surface area (Å²) in [7, 11) is 1.33. The topological polar surface area (TPSA) is 139 Å². The van der Waals surface area contributed by atoms with Crippen LogP contribution >= 0.6 is 0 Å². The summed E-state index contributed by atoms with van der Waals surface area (Å²) >= 11 is 0. The van der Waals surface area contributed by atoms with Gasteiger partial charge in [-0.05, 0) is 137 Å². The number of esters is 1. The quantitative estimate of drug-likeness (QED) is 0.164. The molecule has 0 aliphatic heterocycles. The maximum atomic E-state index is 13.2. The number of fused-ring (bicyclic) bond motifs is 5. The molecule has 4 aliphatic rings. The number of nitrogens with zero attached hydrogens (tertiary/aromatic N) is 1. The maximum absolute atomic E-state index is 13.2. The van der Waals surface area contributed by atoms with Crippen LogP contribution in [0.25, 0.3) is 0 Å². The van der Waals surface area contributed by atoms with E-state index in [0.717, 1.165) is 51.4 Å². The third-order valence-corrected chi connectivity index (χ3v) is 13.1. The van der Waals surface area contributed by atoms with E-state index in [1.165, 1.54) is 13.5 Å². The molecule has 48 heavy (non-hydrogen) atoms. The van der Waals surface area contributed by atoms with Crippen molar-refractivity contribution in [1.29, 1.82) is 0 Å². The van der Waals surface area contributed by atoms with Gasteiger partial charge in [-0.2, -0.15) is 0 Å². The van der Waals surface area contributed by atoms with Gasteiger partial charge in [0.05, 0.1) is 25.0 Å². The molecular weight excluding hydrogens is 610 g/mol. The van der Waals surface area contributed by atoms with E-state index in [-0.39, 0.29) is 28.9 Å². The van der Waals surface area contributed by atoms with Crippen molar-refractivity contribution in [2.45, 2.75) is 137 Å². The number of carbonyl (C=O) groups excluding carboxylic acids is 3. The number of rotatable bonds is 10. The van der Waals surface area contributed by atoms with Gasteiger partial charge in [0.2, 0.25) is 5.91 Å². The number of hydrogen-bond donors (Lipinski definition) is 4. The second-order valence-electron chi connectivity index (χ2n) is 17.1. The van der Waals surface area contributed by atoms with Gasteiger partial charge in [-0.3, -0.25) is 4.79 Å². The molecule has 10 heteroatoms. The number of methoxy groups -OCH3 is 1. The molecule has 0 bridgehead atoms. The lowest BCUT2D eigenvalue weighted by molar-refractivity contribution is -0.174. The van der Waals surface area contributed by atoms with E-state index >= 15 is 0 Å². The van der Waals surface area contributed by atoms with Crippen LogP contribution in [0, 0.1) is 46.3 Å². The van der Waals surface area contributed by atoms with Gasteiger partial charge in [0.25, 0.3) is 0 Å². The van der Waals surface area contributed by atoms with Crippen molar-refractivity contribution >= 4 is 23.7 Å². The number of ether oxygens (including phenoxy) is 2. The third-order valence-electron chi connectivity index (χ3n) is 13.1. The second kappa shape index (κ2) is 14.3. The van der Waals surface area contributed by atoms with Gasteiger partial charge in [-0.25, -0.2) is 9.59 Å². The second-order valence-corrected chi connectivity index (χ2v) is 17.1. The highest BCUT2D eigenvalue weighted by Crippen LogP contribution is 2.68. The Labute approximate surface area is 287 Å². The molecule has 0 aromatic carbocycles. The summed E-state index contributed by atoms with van der Waals surface area (Å²) in [5, 5.41) is 27.7. The zero-order valence-corrected chi connectivity index (χ0v) is 30.3. The zero-order valence-electron chi connectivity index (χ0n) is 30.3. The number of aliphatic hydroxyl groups is 2. The van der Waals surface area contributed by atoms with Crippen LogP contribution < -0.4 is 10.6 Å². The highest BCUT2D eigenvalue weighted by atomic mass is 16.6. The Hall–Kier alpha value is -2.59. The van der Waals surface area contributed by atoms with E-state index in [4.69, 9.17) is 9.47 Å². The molecule has 0 spiro atoms. The zero-order chi connectivity index (χ0) is 35.0. The Morgan fingerprint density at radius 3 is 2.46 bits per heavy atom. The molecule has 10 nitrogen and oxygen atoms in total. The van der Waals surface area contributed by atoms with Crippen LogP contribution in [-0.2, 0) is 20.8 Å². The summed E-state index contributed by atoms with van der Waals surface area (Å²) in [5.41, 5.74) is 0.699.